The van der Waals surface area contributed by atoms with Gasteiger partial charge < -0.3 is 19.5 Å². The number of carbonyl (C=O) groups excluding carboxylic acids is 1. The summed E-state index contributed by atoms with van der Waals surface area (Å²) in [5, 5.41) is 3.89. The van der Waals surface area contributed by atoms with Crippen LogP contribution < -0.4 is 19.5 Å². The van der Waals surface area contributed by atoms with Crippen molar-refractivity contribution in [3.63, 3.8) is 0 Å². The number of nitrogens with zero attached hydrogens (tertiary/aromatic N) is 1. The lowest BCUT2D eigenvalue weighted by molar-refractivity contribution is -0.116. The van der Waals surface area contributed by atoms with Crippen LogP contribution in [0.4, 0.5) is 0 Å². The zero-order valence-electron chi connectivity index (χ0n) is 16.1. The number of hydrogen-bond donors (Lipinski definition) is 1. The fourth-order valence-electron chi connectivity index (χ4n) is 2.91. The molecule has 0 fully saturated rings. The molecule has 0 saturated heterocycles. The molecule has 3 rings (SSSR count). The van der Waals surface area contributed by atoms with Gasteiger partial charge in [-0.15, -0.1) is 0 Å². The quantitative estimate of drug-likeness (QED) is 0.636. The van der Waals surface area contributed by atoms with Gasteiger partial charge in [0.25, 0.3) is 0 Å². The molecule has 1 aromatic heterocycles. The Labute approximate surface area is 163 Å². The van der Waals surface area contributed by atoms with Crippen molar-refractivity contribution in [1.29, 1.82) is 0 Å². The maximum atomic E-state index is 12.3. The molecule has 1 heterocycles. The molecule has 0 aliphatic heterocycles. The number of amides is 1. The van der Waals surface area contributed by atoms with Crippen molar-refractivity contribution in [2.75, 3.05) is 21.3 Å². The van der Waals surface area contributed by atoms with Crippen LogP contribution in [0.2, 0.25) is 0 Å². The first-order valence-electron chi connectivity index (χ1n) is 8.74. The Morgan fingerprint density at radius 1 is 1.04 bits per heavy atom. The lowest BCUT2D eigenvalue weighted by atomic mass is 10.1. The van der Waals surface area contributed by atoms with E-state index < -0.39 is 0 Å². The van der Waals surface area contributed by atoms with E-state index in [2.05, 4.69) is 10.3 Å². The molecule has 0 bridgehead atoms. The average molecular weight is 378 g/mol. The fraction of sp³-hybridized carbons (Fsp3) is 0.182. The second-order valence-corrected chi connectivity index (χ2v) is 6.01. The summed E-state index contributed by atoms with van der Waals surface area (Å²) < 4.78 is 16.0. The number of carbonyl (C=O) groups is 1. The van der Waals surface area contributed by atoms with E-state index in [1.807, 2.05) is 30.3 Å². The van der Waals surface area contributed by atoms with Crippen LogP contribution >= 0.6 is 0 Å². The number of aromatic nitrogens is 1. The summed E-state index contributed by atoms with van der Waals surface area (Å²) >= 11 is 0. The van der Waals surface area contributed by atoms with E-state index in [0.29, 0.717) is 23.8 Å². The molecular formula is C22H22N2O4. The zero-order chi connectivity index (χ0) is 19.9. The summed E-state index contributed by atoms with van der Waals surface area (Å²) in [5.74, 6) is 1.40. The fourth-order valence-corrected chi connectivity index (χ4v) is 2.91. The van der Waals surface area contributed by atoms with Crippen molar-refractivity contribution in [2.45, 2.75) is 6.54 Å². The third-order valence-electron chi connectivity index (χ3n) is 4.27. The lowest BCUT2D eigenvalue weighted by Crippen LogP contribution is -2.20. The Kier molecular flexibility index (Phi) is 6.11. The first kappa shape index (κ1) is 19.2. The van der Waals surface area contributed by atoms with Crippen molar-refractivity contribution < 1.29 is 19.0 Å². The highest BCUT2D eigenvalue weighted by atomic mass is 16.5. The minimum atomic E-state index is -0.207. The van der Waals surface area contributed by atoms with Gasteiger partial charge in [0.15, 0.2) is 11.5 Å². The molecule has 1 N–H and O–H groups in total. The Hall–Kier alpha value is -3.54. The van der Waals surface area contributed by atoms with E-state index in [0.717, 1.165) is 22.0 Å². The first-order chi connectivity index (χ1) is 13.7. The average Bonchev–Trinajstić information content (AvgIpc) is 2.75. The predicted octanol–water partition coefficient (Wildman–Crippen LogP) is 3.59. The van der Waals surface area contributed by atoms with Gasteiger partial charge >= 0.3 is 0 Å². The topological polar surface area (TPSA) is 69.7 Å². The van der Waals surface area contributed by atoms with Gasteiger partial charge in [-0.2, -0.15) is 0 Å². The van der Waals surface area contributed by atoms with Crippen LogP contribution in [0.3, 0.4) is 0 Å². The number of methoxy groups -OCH3 is 3. The number of hydrogen-bond acceptors (Lipinski definition) is 5. The molecule has 0 spiro atoms. The summed E-state index contributed by atoms with van der Waals surface area (Å²) in [6, 6.07) is 13.4. The number of ether oxygens (including phenoxy) is 3. The minimum absolute atomic E-state index is 0.207. The number of rotatable bonds is 7. The lowest BCUT2D eigenvalue weighted by Gasteiger charge is -2.14. The summed E-state index contributed by atoms with van der Waals surface area (Å²) in [7, 11) is 4.66. The third-order valence-corrected chi connectivity index (χ3v) is 4.27. The van der Waals surface area contributed by atoms with Crippen molar-refractivity contribution in [2.24, 2.45) is 0 Å². The van der Waals surface area contributed by atoms with Crippen molar-refractivity contribution in [3.05, 3.63) is 65.9 Å². The Balaban J connectivity index is 1.71. The summed E-state index contributed by atoms with van der Waals surface area (Å²) in [4.78, 5) is 16.6. The molecule has 0 unspecified atom stereocenters. The van der Waals surface area contributed by atoms with Crippen molar-refractivity contribution in [1.82, 2.24) is 10.3 Å². The molecule has 0 aliphatic carbocycles. The highest BCUT2D eigenvalue weighted by Gasteiger charge is 2.13. The van der Waals surface area contributed by atoms with E-state index in [1.165, 1.54) is 6.08 Å². The van der Waals surface area contributed by atoms with Gasteiger partial charge in [0.05, 0.1) is 26.8 Å². The molecular weight excluding hydrogens is 356 g/mol. The van der Waals surface area contributed by atoms with Crippen molar-refractivity contribution >= 4 is 22.9 Å². The summed E-state index contributed by atoms with van der Waals surface area (Å²) in [6.45, 7) is 0.327. The van der Waals surface area contributed by atoms with E-state index in [4.69, 9.17) is 14.2 Å². The maximum absolute atomic E-state index is 12.3. The largest absolute Gasteiger partial charge is 0.493 e. The predicted molar refractivity (Wildman–Crippen MR) is 109 cm³/mol. The molecule has 6 heteroatoms. The van der Waals surface area contributed by atoms with Crippen LogP contribution in [-0.4, -0.2) is 32.2 Å². The molecule has 144 valence electrons. The number of nitrogens with one attached hydrogen (secondary N) is 1. The van der Waals surface area contributed by atoms with E-state index >= 15 is 0 Å². The Morgan fingerprint density at radius 3 is 2.43 bits per heavy atom. The summed E-state index contributed by atoms with van der Waals surface area (Å²) in [6.07, 6.45) is 5.01. The number of pyridine rings is 1. The SMILES string of the molecule is COc1cc(CNC(=O)/C=C/c2cccc3cccnc23)cc(OC)c1OC. The highest BCUT2D eigenvalue weighted by molar-refractivity contribution is 5.95. The molecule has 0 saturated carbocycles. The van der Waals surface area contributed by atoms with Gasteiger partial charge in [-0.05, 0) is 29.8 Å². The second-order valence-electron chi connectivity index (χ2n) is 6.01. The molecule has 0 atom stereocenters. The normalized spacial score (nSPS) is 10.8. The van der Waals surface area contributed by atoms with E-state index in [9.17, 15) is 4.79 Å². The number of para-hydroxylation sites is 1. The zero-order valence-corrected chi connectivity index (χ0v) is 16.1. The number of benzene rings is 2. The molecule has 28 heavy (non-hydrogen) atoms. The smallest absolute Gasteiger partial charge is 0.244 e. The van der Waals surface area contributed by atoms with Crippen LogP contribution in [0.5, 0.6) is 17.2 Å². The van der Waals surface area contributed by atoms with Crippen LogP contribution in [0.1, 0.15) is 11.1 Å². The maximum Gasteiger partial charge on any atom is 0.244 e. The minimum Gasteiger partial charge on any atom is -0.493 e. The van der Waals surface area contributed by atoms with Gasteiger partial charge in [-0.25, -0.2) is 0 Å². The Bertz CT molecular complexity index is 984. The monoisotopic (exact) mass is 378 g/mol. The number of fused-ring (bicyclic) bond motifs is 1. The molecule has 0 aliphatic rings. The molecule has 1 amide bonds. The van der Waals surface area contributed by atoms with Crippen molar-refractivity contribution in [3.8, 4) is 17.2 Å². The van der Waals surface area contributed by atoms with Crippen LogP contribution in [-0.2, 0) is 11.3 Å². The second kappa shape index (κ2) is 8.90. The van der Waals surface area contributed by atoms with Gasteiger partial charge in [0.2, 0.25) is 11.7 Å². The van der Waals surface area contributed by atoms with E-state index in [1.54, 1.807) is 45.7 Å². The molecule has 6 nitrogen and oxygen atoms in total. The van der Waals surface area contributed by atoms with Gasteiger partial charge in [0, 0.05) is 29.8 Å². The van der Waals surface area contributed by atoms with Gasteiger partial charge in [0.1, 0.15) is 0 Å². The van der Waals surface area contributed by atoms with E-state index in [-0.39, 0.29) is 5.91 Å². The molecule has 3 aromatic rings. The molecule has 0 radical (unpaired) electrons. The van der Waals surface area contributed by atoms with Gasteiger partial charge in [-0.3, -0.25) is 9.78 Å². The first-order valence-corrected chi connectivity index (χ1v) is 8.74. The van der Waals surface area contributed by atoms with Crippen LogP contribution in [0, 0.1) is 0 Å². The molecule has 2 aromatic carbocycles. The Morgan fingerprint density at radius 2 is 1.75 bits per heavy atom. The van der Waals surface area contributed by atoms with Crippen LogP contribution in [0.15, 0.2) is 54.7 Å². The summed E-state index contributed by atoms with van der Waals surface area (Å²) in [5.41, 5.74) is 2.59. The third kappa shape index (κ3) is 4.23. The standard InChI is InChI=1S/C22H22N2O4/c1-26-18-12-15(13-19(27-2)22(18)28-3)14-24-20(25)10-9-17-7-4-6-16-8-5-11-23-21(16)17/h4-13H,14H2,1-3H3,(H,24,25)/b10-9+. The highest BCUT2D eigenvalue weighted by Crippen LogP contribution is 2.38. The van der Waals surface area contributed by atoms with Gasteiger partial charge in [-0.1, -0.05) is 24.3 Å². The van der Waals surface area contributed by atoms with Crippen LogP contribution in [0.25, 0.3) is 17.0 Å².